The zero-order valence-electron chi connectivity index (χ0n) is 16.3. The van der Waals surface area contributed by atoms with Gasteiger partial charge in [0.05, 0.1) is 23.0 Å². The number of nitrogens with one attached hydrogen (secondary N) is 1. The number of aromatic nitrogens is 1. The molecule has 0 radical (unpaired) electrons. The Labute approximate surface area is 182 Å². The lowest BCUT2D eigenvalue weighted by molar-refractivity contribution is 0.0693. The highest BCUT2D eigenvalue weighted by Crippen LogP contribution is 2.37. The number of carboxylic acids is 1. The zero-order chi connectivity index (χ0) is 20.9. The van der Waals surface area contributed by atoms with Crippen molar-refractivity contribution >= 4 is 45.0 Å². The van der Waals surface area contributed by atoms with Crippen LogP contribution < -0.4 is 10.1 Å². The Kier molecular flexibility index (Phi) is 6.21. The molecule has 0 amide bonds. The summed E-state index contributed by atoms with van der Waals surface area (Å²) < 4.78 is 6.05. The lowest BCUT2D eigenvalue weighted by Crippen LogP contribution is -2.09. The number of aromatic carboxylic acids is 1. The van der Waals surface area contributed by atoms with Crippen LogP contribution >= 0.6 is 23.1 Å². The third kappa shape index (κ3) is 4.42. The van der Waals surface area contributed by atoms with Gasteiger partial charge in [-0.2, -0.15) is 0 Å². The normalized spacial score (nSPS) is 10.8. The molecule has 2 heterocycles. The minimum Gasteiger partial charge on any atom is -0.497 e. The number of nitrogens with zero attached hydrogens (tertiary/aromatic N) is 1. The molecule has 0 aliphatic carbocycles. The number of thioether (sulfide) groups is 1. The van der Waals surface area contributed by atoms with Crippen molar-refractivity contribution in [1.29, 1.82) is 0 Å². The Bertz CT molecular complexity index is 1160. The van der Waals surface area contributed by atoms with Crippen LogP contribution in [0.2, 0.25) is 0 Å². The molecule has 4 aromatic rings. The highest BCUT2D eigenvalue weighted by atomic mass is 32.2. The van der Waals surface area contributed by atoms with E-state index < -0.39 is 5.97 Å². The van der Waals surface area contributed by atoms with Gasteiger partial charge >= 0.3 is 5.97 Å². The third-order valence-corrected chi connectivity index (χ3v) is 6.59. The fraction of sp³-hybridized carbons (Fsp3) is 0.130. The van der Waals surface area contributed by atoms with Crippen LogP contribution in [0.15, 0.2) is 71.1 Å². The Balaban J connectivity index is 1.66. The molecular formula is C23H20N2O3S2. The quantitative estimate of drug-likeness (QED) is 0.335. The van der Waals surface area contributed by atoms with Gasteiger partial charge in [-0.25, -0.2) is 9.78 Å². The predicted octanol–water partition coefficient (Wildman–Crippen LogP) is 5.91. The third-order valence-electron chi connectivity index (χ3n) is 4.62. The average molecular weight is 437 g/mol. The van der Waals surface area contributed by atoms with Crippen molar-refractivity contribution in [2.24, 2.45) is 0 Å². The predicted molar refractivity (Wildman–Crippen MR) is 123 cm³/mol. The Morgan fingerprint density at radius 3 is 2.57 bits per heavy atom. The van der Waals surface area contributed by atoms with Gasteiger partial charge in [-0.3, -0.25) is 0 Å². The first-order valence-electron chi connectivity index (χ1n) is 9.33. The molecule has 4 rings (SSSR count). The molecule has 0 fully saturated rings. The van der Waals surface area contributed by atoms with E-state index in [9.17, 15) is 9.90 Å². The first kappa shape index (κ1) is 20.3. The Morgan fingerprint density at radius 1 is 1.10 bits per heavy atom. The highest BCUT2D eigenvalue weighted by molar-refractivity contribution is 7.98. The maximum Gasteiger partial charge on any atom is 0.340 e. The number of fused-ring (bicyclic) bond motifs is 1. The van der Waals surface area contributed by atoms with Crippen molar-refractivity contribution in [3.63, 3.8) is 0 Å². The fourth-order valence-corrected chi connectivity index (χ4v) is 4.95. The van der Waals surface area contributed by atoms with E-state index in [1.165, 1.54) is 23.1 Å². The van der Waals surface area contributed by atoms with Crippen LogP contribution in [-0.4, -0.2) is 23.2 Å². The first-order valence-corrected chi connectivity index (χ1v) is 11.2. The Morgan fingerprint density at radius 2 is 1.87 bits per heavy atom. The molecular weight excluding hydrogens is 416 g/mol. The molecule has 5 nitrogen and oxygen atoms in total. The number of carboxylic acid groups (broad SMARTS) is 1. The fourth-order valence-electron chi connectivity index (χ4n) is 3.09. The van der Waals surface area contributed by atoms with Gasteiger partial charge in [0.15, 0.2) is 0 Å². The summed E-state index contributed by atoms with van der Waals surface area (Å²) >= 11 is 2.94. The summed E-state index contributed by atoms with van der Waals surface area (Å²) in [5.74, 6) is 0.460. The van der Waals surface area contributed by atoms with E-state index in [0.717, 1.165) is 27.1 Å². The summed E-state index contributed by atoms with van der Waals surface area (Å²) in [5, 5.41) is 15.8. The molecule has 0 bridgehead atoms. The number of anilines is 1. The number of hydrogen-bond donors (Lipinski definition) is 2. The van der Waals surface area contributed by atoms with E-state index in [2.05, 4.69) is 10.3 Å². The molecule has 30 heavy (non-hydrogen) atoms. The number of pyridine rings is 1. The van der Waals surface area contributed by atoms with Gasteiger partial charge in [0, 0.05) is 12.3 Å². The van der Waals surface area contributed by atoms with Gasteiger partial charge in [0.25, 0.3) is 0 Å². The van der Waals surface area contributed by atoms with Crippen LogP contribution in [0.1, 0.15) is 21.5 Å². The van der Waals surface area contributed by atoms with E-state index in [4.69, 9.17) is 4.74 Å². The number of carbonyl (C=O) groups is 1. The van der Waals surface area contributed by atoms with Gasteiger partial charge in [-0.15, -0.1) is 23.1 Å². The minimum absolute atomic E-state index is 0.222. The molecule has 0 aliphatic heterocycles. The zero-order valence-corrected chi connectivity index (χ0v) is 17.9. The van der Waals surface area contributed by atoms with Crippen molar-refractivity contribution in [3.8, 4) is 5.75 Å². The maximum atomic E-state index is 12.2. The number of thiophene rings is 1. The van der Waals surface area contributed by atoms with E-state index in [1.54, 1.807) is 7.11 Å². The molecule has 0 atom stereocenters. The summed E-state index contributed by atoms with van der Waals surface area (Å²) in [6, 6.07) is 19.6. The van der Waals surface area contributed by atoms with Crippen molar-refractivity contribution < 1.29 is 14.6 Å². The first-order chi connectivity index (χ1) is 14.7. The summed E-state index contributed by atoms with van der Waals surface area (Å²) in [5.41, 5.74) is 3.80. The second-order valence-electron chi connectivity index (χ2n) is 6.58. The molecule has 0 aliphatic rings. The lowest BCUT2D eigenvalue weighted by atomic mass is 10.2. The van der Waals surface area contributed by atoms with E-state index in [0.29, 0.717) is 23.0 Å². The van der Waals surface area contributed by atoms with Crippen LogP contribution in [0.3, 0.4) is 0 Å². The van der Waals surface area contributed by atoms with Gasteiger partial charge in [-0.1, -0.05) is 42.5 Å². The summed E-state index contributed by atoms with van der Waals surface area (Å²) in [4.78, 5) is 16.9. The molecule has 7 heteroatoms. The smallest absolute Gasteiger partial charge is 0.340 e. The number of ether oxygens (including phenoxy) is 1. The number of rotatable bonds is 8. The lowest BCUT2D eigenvalue weighted by Gasteiger charge is -2.14. The van der Waals surface area contributed by atoms with Gasteiger partial charge < -0.3 is 15.2 Å². The second-order valence-corrected chi connectivity index (χ2v) is 8.46. The van der Waals surface area contributed by atoms with E-state index in [-0.39, 0.29) is 5.56 Å². The Hall–Kier alpha value is -3.03. The van der Waals surface area contributed by atoms with Crippen molar-refractivity contribution in [2.45, 2.75) is 17.3 Å². The summed E-state index contributed by atoms with van der Waals surface area (Å²) in [6.45, 7) is 0.504. The standard InChI is InChI=1S/C23H20N2O3S2/c1-28-17-9-7-15(8-10-17)13-24-20-19(23(26)27)22(25-18-11-12-29-21(18)20)30-14-16-5-3-2-4-6-16/h2-12H,13-14H2,1H3,(H,24,25)(H,26,27). The summed E-state index contributed by atoms with van der Waals surface area (Å²) in [7, 11) is 1.63. The molecule has 2 aromatic carbocycles. The summed E-state index contributed by atoms with van der Waals surface area (Å²) in [6.07, 6.45) is 0. The van der Waals surface area contributed by atoms with Crippen LogP contribution in [0.25, 0.3) is 10.2 Å². The molecule has 2 aromatic heterocycles. The highest BCUT2D eigenvalue weighted by Gasteiger charge is 2.22. The van der Waals surface area contributed by atoms with E-state index in [1.807, 2.05) is 66.0 Å². The largest absolute Gasteiger partial charge is 0.497 e. The van der Waals surface area contributed by atoms with Gasteiger partial charge in [0.2, 0.25) is 0 Å². The van der Waals surface area contributed by atoms with Crippen LogP contribution in [-0.2, 0) is 12.3 Å². The van der Waals surface area contributed by atoms with Crippen LogP contribution in [0.5, 0.6) is 5.75 Å². The molecule has 0 saturated heterocycles. The van der Waals surface area contributed by atoms with E-state index >= 15 is 0 Å². The number of hydrogen-bond acceptors (Lipinski definition) is 6. The molecule has 0 spiro atoms. The van der Waals surface area contributed by atoms with Gasteiger partial charge in [0.1, 0.15) is 16.3 Å². The number of benzene rings is 2. The minimum atomic E-state index is -0.981. The average Bonchev–Trinajstić information content (AvgIpc) is 3.25. The van der Waals surface area contributed by atoms with Gasteiger partial charge in [-0.05, 0) is 34.7 Å². The molecule has 0 saturated carbocycles. The SMILES string of the molecule is COc1ccc(CNc2c(C(=O)O)c(SCc3ccccc3)nc3ccsc23)cc1. The monoisotopic (exact) mass is 436 g/mol. The number of methoxy groups -OCH3 is 1. The van der Waals surface area contributed by atoms with Crippen molar-refractivity contribution in [3.05, 3.63) is 82.7 Å². The van der Waals surface area contributed by atoms with Crippen LogP contribution in [0.4, 0.5) is 5.69 Å². The molecule has 2 N–H and O–H groups in total. The second kappa shape index (κ2) is 9.19. The molecule has 0 unspecified atom stereocenters. The topological polar surface area (TPSA) is 71.5 Å². The maximum absolute atomic E-state index is 12.2. The van der Waals surface area contributed by atoms with Crippen molar-refractivity contribution in [2.75, 3.05) is 12.4 Å². The van der Waals surface area contributed by atoms with Crippen molar-refractivity contribution in [1.82, 2.24) is 4.98 Å². The van der Waals surface area contributed by atoms with Crippen LogP contribution in [0, 0.1) is 0 Å². The molecule has 152 valence electrons.